The quantitative estimate of drug-likeness (QED) is 0.282. The van der Waals surface area contributed by atoms with Crippen LogP contribution in [-0.4, -0.2) is 48.6 Å². The van der Waals surface area contributed by atoms with Gasteiger partial charge in [-0.15, -0.1) is 0 Å². The Labute approximate surface area is 209 Å². The first-order valence-corrected chi connectivity index (χ1v) is 14.2. The molecule has 6 atom stereocenters. The molecule has 198 valence electrons. The number of rotatable bonds is 15. The van der Waals surface area contributed by atoms with Crippen molar-refractivity contribution >= 4 is 11.9 Å². The van der Waals surface area contributed by atoms with Crippen molar-refractivity contribution < 1.29 is 14.7 Å². The highest BCUT2D eigenvalue weighted by atomic mass is 16.4. The maximum absolute atomic E-state index is 12.3. The summed E-state index contributed by atoms with van der Waals surface area (Å²) in [6, 6.07) is -0.549. The molecule has 2 rings (SSSR count). The molecule has 0 bridgehead atoms. The van der Waals surface area contributed by atoms with E-state index in [0.29, 0.717) is 30.2 Å². The number of carbonyl (C=O) groups is 2. The Kier molecular flexibility index (Phi) is 11.4. The molecule has 0 radical (unpaired) electrons. The number of nitrogens with zero attached hydrogens (tertiary/aromatic N) is 1. The maximum Gasteiger partial charge on any atom is 0.320 e. The molecular weight excluding hydrogens is 424 g/mol. The lowest BCUT2D eigenvalue weighted by Crippen LogP contribution is -2.40. The molecule has 0 aromatic heterocycles. The van der Waals surface area contributed by atoms with E-state index in [1.807, 2.05) is 0 Å². The Morgan fingerprint density at radius 1 is 1.12 bits per heavy atom. The Balaban J connectivity index is 1.79. The van der Waals surface area contributed by atoms with Crippen LogP contribution in [0.4, 0.5) is 0 Å². The van der Waals surface area contributed by atoms with Gasteiger partial charge in [0, 0.05) is 13.0 Å². The molecule has 2 N–H and O–H groups in total. The Hall–Kier alpha value is -1.10. The Morgan fingerprint density at radius 3 is 2.47 bits per heavy atom. The summed E-state index contributed by atoms with van der Waals surface area (Å²) in [6.07, 6.45) is 16.7. The van der Waals surface area contributed by atoms with E-state index < -0.39 is 12.0 Å². The van der Waals surface area contributed by atoms with Gasteiger partial charge < -0.3 is 10.4 Å². The van der Waals surface area contributed by atoms with E-state index in [1.54, 1.807) is 19.0 Å². The van der Waals surface area contributed by atoms with Gasteiger partial charge in [0.05, 0.1) is 0 Å². The first kappa shape index (κ1) is 29.1. The third-order valence-electron chi connectivity index (χ3n) is 9.84. The molecular formula is C29H54N2O3. The Bertz CT molecular complexity index is 651. The fourth-order valence-corrected chi connectivity index (χ4v) is 7.48. The highest BCUT2D eigenvalue weighted by molar-refractivity contribution is 5.76. The summed E-state index contributed by atoms with van der Waals surface area (Å²) in [5.41, 5.74) is 0.986. The largest absolute Gasteiger partial charge is 0.480 e. The zero-order valence-corrected chi connectivity index (χ0v) is 23.1. The van der Waals surface area contributed by atoms with Gasteiger partial charge in [-0.05, 0) is 107 Å². The van der Waals surface area contributed by atoms with Crippen molar-refractivity contribution in [1.29, 1.82) is 0 Å². The van der Waals surface area contributed by atoms with Crippen LogP contribution in [0.1, 0.15) is 118 Å². The fraction of sp³-hybridized carbons (Fsp3) is 0.931. The molecule has 5 nitrogen and oxygen atoms in total. The minimum Gasteiger partial charge on any atom is -0.480 e. The average molecular weight is 479 g/mol. The molecule has 0 aliphatic heterocycles. The summed E-state index contributed by atoms with van der Waals surface area (Å²) in [6.45, 7) is 10.2. The number of aliphatic carboxylic acids is 1. The third kappa shape index (κ3) is 7.45. The summed E-state index contributed by atoms with van der Waals surface area (Å²) >= 11 is 0. The number of hydrogen-bond acceptors (Lipinski definition) is 3. The van der Waals surface area contributed by atoms with Crippen molar-refractivity contribution in [3.8, 4) is 0 Å². The molecule has 6 unspecified atom stereocenters. The second-order valence-corrected chi connectivity index (χ2v) is 12.3. The number of hydrogen-bond donors (Lipinski definition) is 2. The number of unbranched alkanes of at least 4 members (excludes halogenated alkanes) is 1. The second kappa shape index (κ2) is 13.3. The van der Waals surface area contributed by atoms with E-state index in [0.717, 1.165) is 30.6 Å². The lowest BCUT2D eigenvalue weighted by molar-refractivity contribution is -0.142. The topological polar surface area (TPSA) is 69.6 Å². The minimum atomic E-state index is -0.835. The number of likely N-dealkylation sites (N-methyl/N-ethyl adjacent to an activating group) is 1. The predicted molar refractivity (Wildman–Crippen MR) is 141 cm³/mol. The minimum absolute atomic E-state index is 0.0672. The van der Waals surface area contributed by atoms with Crippen molar-refractivity contribution in [2.75, 3.05) is 20.6 Å². The molecule has 34 heavy (non-hydrogen) atoms. The van der Waals surface area contributed by atoms with Gasteiger partial charge in [-0.25, -0.2) is 0 Å². The molecule has 0 aromatic carbocycles. The summed E-state index contributed by atoms with van der Waals surface area (Å²) in [5, 5.41) is 12.2. The van der Waals surface area contributed by atoms with Crippen molar-refractivity contribution in [3.63, 3.8) is 0 Å². The number of amides is 1. The molecule has 0 spiro atoms. The summed E-state index contributed by atoms with van der Waals surface area (Å²) in [7, 11) is 3.53. The van der Waals surface area contributed by atoms with Gasteiger partial charge >= 0.3 is 5.97 Å². The van der Waals surface area contributed by atoms with Gasteiger partial charge in [-0.2, -0.15) is 0 Å². The number of fused-ring (bicyclic) bond motifs is 1. The first-order valence-electron chi connectivity index (χ1n) is 14.2. The Morgan fingerprint density at radius 2 is 1.85 bits per heavy atom. The van der Waals surface area contributed by atoms with E-state index in [4.69, 9.17) is 0 Å². The molecule has 0 aromatic rings. The van der Waals surface area contributed by atoms with Crippen LogP contribution in [0.2, 0.25) is 0 Å². The van der Waals surface area contributed by atoms with Crippen LogP contribution in [-0.2, 0) is 9.59 Å². The summed E-state index contributed by atoms with van der Waals surface area (Å²) < 4.78 is 0. The van der Waals surface area contributed by atoms with Crippen LogP contribution in [0.3, 0.4) is 0 Å². The van der Waals surface area contributed by atoms with Crippen LogP contribution < -0.4 is 5.32 Å². The van der Waals surface area contributed by atoms with Crippen LogP contribution in [0.25, 0.3) is 0 Å². The van der Waals surface area contributed by atoms with Crippen LogP contribution in [0.5, 0.6) is 0 Å². The van der Waals surface area contributed by atoms with E-state index in [9.17, 15) is 14.7 Å². The number of carboxylic acids is 1. The standard InChI is InChI=1S/C29H54N2O3/c1-7-9-18-28(3,17-8-2)23-15-19-29(4)22(13-14-24(29)21-23)11-10-12-26(32)30-20-16-25(27(33)34)31(5)6/h22-25H,7-21H2,1-6H3,(H,30,32)(H,33,34). The monoisotopic (exact) mass is 478 g/mol. The van der Waals surface area contributed by atoms with Crippen molar-refractivity contribution in [2.24, 2.45) is 28.6 Å². The molecule has 1 amide bonds. The smallest absolute Gasteiger partial charge is 0.320 e. The van der Waals surface area contributed by atoms with Crippen molar-refractivity contribution in [1.82, 2.24) is 10.2 Å². The maximum atomic E-state index is 12.3. The molecule has 0 saturated heterocycles. The molecule has 2 fully saturated rings. The van der Waals surface area contributed by atoms with Gasteiger partial charge in [0.25, 0.3) is 0 Å². The fourth-order valence-electron chi connectivity index (χ4n) is 7.48. The number of carbonyl (C=O) groups excluding carboxylic acids is 1. The van der Waals surface area contributed by atoms with E-state index in [-0.39, 0.29) is 5.91 Å². The van der Waals surface area contributed by atoms with Crippen LogP contribution >= 0.6 is 0 Å². The molecule has 5 heteroatoms. The van der Waals surface area contributed by atoms with Gasteiger partial charge in [-0.1, -0.05) is 47.0 Å². The molecule has 2 saturated carbocycles. The lowest BCUT2D eigenvalue weighted by atomic mass is 9.56. The summed E-state index contributed by atoms with van der Waals surface area (Å²) in [4.78, 5) is 25.3. The zero-order valence-electron chi connectivity index (χ0n) is 23.1. The lowest BCUT2D eigenvalue weighted by Gasteiger charge is -2.49. The number of nitrogens with one attached hydrogen (secondary N) is 1. The highest BCUT2D eigenvalue weighted by Gasteiger charge is 2.51. The molecule has 0 heterocycles. The van der Waals surface area contributed by atoms with Gasteiger partial charge in [0.15, 0.2) is 0 Å². The van der Waals surface area contributed by atoms with Gasteiger partial charge in [-0.3, -0.25) is 14.5 Å². The molecule has 2 aliphatic carbocycles. The predicted octanol–water partition coefficient (Wildman–Crippen LogP) is 6.51. The van der Waals surface area contributed by atoms with Gasteiger partial charge in [0.1, 0.15) is 6.04 Å². The molecule has 2 aliphatic rings. The summed E-state index contributed by atoms with van der Waals surface area (Å²) in [5.74, 6) is 1.74. The van der Waals surface area contributed by atoms with E-state index in [2.05, 4.69) is 33.0 Å². The average Bonchev–Trinajstić information content (AvgIpc) is 3.10. The number of carboxylic acid groups (broad SMARTS) is 1. The second-order valence-electron chi connectivity index (χ2n) is 12.3. The van der Waals surface area contributed by atoms with E-state index in [1.165, 1.54) is 64.2 Å². The van der Waals surface area contributed by atoms with Gasteiger partial charge in [0.2, 0.25) is 5.91 Å². The van der Waals surface area contributed by atoms with Crippen molar-refractivity contribution in [2.45, 2.75) is 124 Å². The zero-order chi connectivity index (χ0) is 25.4. The first-order chi connectivity index (χ1) is 16.1. The SMILES string of the molecule is CCCCC(C)(CCC)C1CCC2(C)C(CCCC(=O)NCCC(C(=O)O)N(C)C)CCC2C1. The van der Waals surface area contributed by atoms with Crippen molar-refractivity contribution in [3.05, 3.63) is 0 Å². The highest BCUT2D eigenvalue weighted by Crippen LogP contribution is 2.61. The van der Waals surface area contributed by atoms with E-state index >= 15 is 0 Å². The van der Waals surface area contributed by atoms with Crippen LogP contribution in [0, 0.1) is 28.6 Å². The van der Waals surface area contributed by atoms with Crippen LogP contribution in [0.15, 0.2) is 0 Å². The third-order valence-corrected chi connectivity index (χ3v) is 9.84. The normalized spacial score (nSPS) is 29.4.